The Morgan fingerprint density at radius 2 is 2.00 bits per heavy atom. The molecule has 1 atom stereocenters. The molecule has 3 nitrogen and oxygen atoms in total. The molecule has 0 fully saturated rings. The van der Waals surface area contributed by atoms with E-state index in [9.17, 15) is 0 Å². The highest BCUT2D eigenvalue weighted by Gasteiger charge is 2.00. The SMILES string of the molecule is CC(CCO)OCOCc1ccccc1. The number of aliphatic hydroxyl groups is 1. The van der Waals surface area contributed by atoms with Crippen LogP contribution < -0.4 is 0 Å². The van der Waals surface area contributed by atoms with Crippen molar-refractivity contribution in [3.63, 3.8) is 0 Å². The molecule has 0 aliphatic heterocycles. The van der Waals surface area contributed by atoms with E-state index in [4.69, 9.17) is 14.6 Å². The highest BCUT2D eigenvalue weighted by Crippen LogP contribution is 2.02. The van der Waals surface area contributed by atoms with Gasteiger partial charge in [-0.3, -0.25) is 0 Å². The normalized spacial score (nSPS) is 12.7. The molecule has 0 aliphatic rings. The van der Waals surface area contributed by atoms with Crippen molar-refractivity contribution in [1.29, 1.82) is 0 Å². The molecule has 0 aromatic heterocycles. The average Bonchev–Trinajstić information content (AvgIpc) is 2.26. The summed E-state index contributed by atoms with van der Waals surface area (Å²) in [4.78, 5) is 0. The molecule has 1 N–H and O–H groups in total. The highest BCUT2D eigenvalue weighted by molar-refractivity contribution is 5.13. The van der Waals surface area contributed by atoms with Gasteiger partial charge in [0, 0.05) is 6.61 Å². The molecule has 1 rings (SSSR count). The maximum atomic E-state index is 8.65. The number of hydrogen-bond acceptors (Lipinski definition) is 3. The van der Waals surface area contributed by atoms with E-state index >= 15 is 0 Å². The Kier molecular flexibility index (Phi) is 6.00. The molecule has 1 unspecified atom stereocenters. The lowest BCUT2D eigenvalue weighted by Crippen LogP contribution is -2.12. The molecule has 84 valence electrons. The van der Waals surface area contributed by atoms with E-state index in [0.717, 1.165) is 5.56 Å². The summed E-state index contributed by atoms with van der Waals surface area (Å²) in [5, 5.41) is 8.65. The summed E-state index contributed by atoms with van der Waals surface area (Å²) in [5.41, 5.74) is 1.14. The molecule has 0 heterocycles. The zero-order chi connectivity index (χ0) is 10.9. The third-order valence-electron chi connectivity index (χ3n) is 2.08. The van der Waals surface area contributed by atoms with Crippen LogP contribution in [0.15, 0.2) is 30.3 Å². The standard InChI is InChI=1S/C12H18O3/c1-11(7-8-13)15-10-14-9-12-5-3-2-4-6-12/h2-6,11,13H,7-10H2,1H3. The van der Waals surface area contributed by atoms with Crippen LogP contribution >= 0.6 is 0 Å². The quantitative estimate of drug-likeness (QED) is 0.552. The van der Waals surface area contributed by atoms with E-state index in [-0.39, 0.29) is 19.5 Å². The minimum atomic E-state index is 0.0470. The Bertz CT molecular complexity index is 248. The van der Waals surface area contributed by atoms with Gasteiger partial charge in [-0.05, 0) is 18.9 Å². The van der Waals surface area contributed by atoms with Crippen LogP contribution in [0.3, 0.4) is 0 Å². The lowest BCUT2D eigenvalue weighted by molar-refractivity contribution is -0.0947. The van der Waals surface area contributed by atoms with Gasteiger partial charge >= 0.3 is 0 Å². The zero-order valence-electron chi connectivity index (χ0n) is 9.06. The molecule has 0 saturated heterocycles. The summed E-state index contributed by atoms with van der Waals surface area (Å²) in [6, 6.07) is 9.96. The van der Waals surface area contributed by atoms with Crippen LogP contribution in [-0.2, 0) is 16.1 Å². The fourth-order valence-corrected chi connectivity index (χ4v) is 1.16. The molecule has 1 aromatic rings. The van der Waals surface area contributed by atoms with Crippen molar-refractivity contribution in [2.45, 2.75) is 26.1 Å². The zero-order valence-corrected chi connectivity index (χ0v) is 9.06. The first kappa shape index (κ1) is 12.2. The van der Waals surface area contributed by atoms with Crippen molar-refractivity contribution < 1.29 is 14.6 Å². The fourth-order valence-electron chi connectivity index (χ4n) is 1.16. The van der Waals surface area contributed by atoms with Crippen LogP contribution in [0.5, 0.6) is 0 Å². The van der Waals surface area contributed by atoms with Gasteiger partial charge in [0.15, 0.2) is 0 Å². The van der Waals surface area contributed by atoms with Crippen molar-refractivity contribution in [2.75, 3.05) is 13.4 Å². The Morgan fingerprint density at radius 3 is 2.67 bits per heavy atom. The van der Waals surface area contributed by atoms with Crippen molar-refractivity contribution in [2.24, 2.45) is 0 Å². The predicted octanol–water partition coefficient (Wildman–Crippen LogP) is 1.95. The van der Waals surface area contributed by atoms with Crippen molar-refractivity contribution >= 4 is 0 Å². The molecule has 0 bridgehead atoms. The first-order chi connectivity index (χ1) is 7.33. The van der Waals surface area contributed by atoms with E-state index in [1.807, 2.05) is 37.3 Å². The van der Waals surface area contributed by atoms with Crippen molar-refractivity contribution in [1.82, 2.24) is 0 Å². The Balaban J connectivity index is 2.07. The Morgan fingerprint density at radius 1 is 1.27 bits per heavy atom. The molecule has 0 radical (unpaired) electrons. The molecular weight excluding hydrogens is 192 g/mol. The first-order valence-corrected chi connectivity index (χ1v) is 5.17. The molecule has 0 spiro atoms. The number of benzene rings is 1. The van der Waals surface area contributed by atoms with E-state index in [0.29, 0.717) is 13.0 Å². The van der Waals surface area contributed by atoms with E-state index in [1.165, 1.54) is 0 Å². The molecule has 1 aromatic carbocycles. The van der Waals surface area contributed by atoms with Crippen molar-refractivity contribution in [3.8, 4) is 0 Å². The van der Waals surface area contributed by atoms with Gasteiger partial charge < -0.3 is 14.6 Å². The van der Waals surface area contributed by atoms with Gasteiger partial charge in [0.05, 0.1) is 12.7 Å². The second kappa shape index (κ2) is 7.40. The second-order valence-corrected chi connectivity index (χ2v) is 3.44. The highest BCUT2D eigenvalue weighted by atomic mass is 16.7. The summed E-state index contributed by atoms with van der Waals surface area (Å²) in [6.45, 7) is 2.91. The number of aliphatic hydroxyl groups excluding tert-OH is 1. The van der Waals surface area contributed by atoms with Crippen molar-refractivity contribution in [3.05, 3.63) is 35.9 Å². The summed E-state index contributed by atoms with van der Waals surface area (Å²) in [7, 11) is 0. The summed E-state index contributed by atoms with van der Waals surface area (Å²) >= 11 is 0. The fraction of sp³-hybridized carbons (Fsp3) is 0.500. The average molecular weight is 210 g/mol. The smallest absolute Gasteiger partial charge is 0.147 e. The van der Waals surface area contributed by atoms with Gasteiger partial charge in [-0.2, -0.15) is 0 Å². The third-order valence-corrected chi connectivity index (χ3v) is 2.08. The number of ether oxygens (including phenoxy) is 2. The van der Waals surface area contributed by atoms with Gasteiger partial charge in [-0.1, -0.05) is 30.3 Å². The maximum Gasteiger partial charge on any atom is 0.147 e. The summed E-state index contributed by atoms with van der Waals surface area (Å²) in [6.07, 6.45) is 0.695. The van der Waals surface area contributed by atoms with Crippen LogP contribution in [0.2, 0.25) is 0 Å². The van der Waals surface area contributed by atoms with Crippen LogP contribution in [0.1, 0.15) is 18.9 Å². The minimum absolute atomic E-state index is 0.0470. The Hall–Kier alpha value is -0.900. The molecule has 0 amide bonds. The molecule has 0 saturated carbocycles. The van der Waals surface area contributed by atoms with Gasteiger partial charge in [0.25, 0.3) is 0 Å². The van der Waals surface area contributed by atoms with Gasteiger partial charge in [-0.25, -0.2) is 0 Å². The molecule has 15 heavy (non-hydrogen) atoms. The van der Waals surface area contributed by atoms with Crippen LogP contribution in [-0.4, -0.2) is 24.6 Å². The number of rotatable bonds is 7. The maximum absolute atomic E-state index is 8.65. The molecule has 3 heteroatoms. The molecule has 0 aliphatic carbocycles. The lowest BCUT2D eigenvalue weighted by atomic mass is 10.2. The van der Waals surface area contributed by atoms with Crippen LogP contribution in [0, 0.1) is 0 Å². The Labute approximate surface area is 90.6 Å². The van der Waals surface area contributed by atoms with E-state index in [1.54, 1.807) is 0 Å². The second-order valence-electron chi connectivity index (χ2n) is 3.44. The third kappa shape index (κ3) is 5.52. The van der Waals surface area contributed by atoms with E-state index in [2.05, 4.69) is 0 Å². The molecular formula is C12H18O3. The summed E-state index contributed by atoms with van der Waals surface area (Å²) in [5.74, 6) is 0. The van der Waals surface area contributed by atoms with Crippen LogP contribution in [0.4, 0.5) is 0 Å². The lowest BCUT2D eigenvalue weighted by Gasteiger charge is -2.11. The van der Waals surface area contributed by atoms with Crippen LogP contribution in [0.25, 0.3) is 0 Å². The largest absolute Gasteiger partial charge is 0.396 e. The topological polar surface area (TPSA) is 38.7 Å². The monoisotopic (exact) mass is 210 g/mol. The van der Waals surface area contributed by atoms with E-state index < -0.39 is 0 Å². The van der Waals surface area contributed by atoms with Gasteiger partial charge in [0.2, 0.25) is 0 Å². The summed E-state index contributed by atoms with van der Waals surface area (Å²) < 4.78 is 10.7. The van der Waals surface area contributed by atoms with Gasteiger partial charge in [0.1, 0.15) is 6.79 Å². The minimum Gasteiger partial charge on any atom is -0.396 e. The first-order valence-electron chi connectivity index (χ1n) is 5.17. The number of hydrogen-bond donors (Lipinski definition) is 1. The predicted molar refractivity (Wildman–Crippen MR) is 58.3 cm³/mol. The van der Waals surface area contributed by atoms with Gasteiger partial charge in [-0.15, -0.1) is 0 Å².